The molecule has 0 atom stereocenters. The van der Waals surface area contributed by atoms with Gasteiger partial charge in [-0.2, -0.15) is 0 Å². The fourth-order valence-electron chi connectivity index (χ4n) is 1.75. The lowest BCUT2D eigenvalue weighted by Gasteiger charge is -2.13. The average Bonchev–Trinajstić information content (AvgIpc) is 2.47. The Morgan fingerprint density at radius 2 is 2.05 bits per heavy atom. The maximum Gasteiger partial charge on any atom is 0.193 e. The summed E-state index contributed by atoms with van der Waals surface area (Å²) < 4.78 is 11.1. The molecule has 0 unspecified atom stereocenters. The smallest absolute Gasteiger partial charge is 0.193 e. The van der Waals surface area contributed by atoms with Crippen molar-refractivity contribution in [1.82, 2.24) is 0 Å². The second-order valence-corrected chi connectivity index (χ2v) is 4.27. The first kappa shape index (κ1) is 16.9. The van der Waals surface area contributed by atoms with Crippen LogP contribution in [0.4, 0.5) is 5.69 Å². The molecule has 0 aliphatic heterocycles. The molecule has 5 heteroatoms. The van der Waals surface area contributed by atoms with Crippen molar-refractivity contribution >= 4 is 11.6 Å². The van der Waals surface area contributed by atoms with Gasteiger partial charge >= 0.3 is 0 Å². The number of hydrogen-bond donors (Lipinski definition) is 2. The van der Waals surface area contributed by atoms with E-state index < -0.39 is 0 Å². The van der Waals surface area contributed by atoms with Gasteiger partial charge in [-0.25, -0.2) is 0 Å². The van der Waals surface area contributed by atoms with E-state index in [9.17, 15) is 0 Å². The van der Waals surface area contributed by atoms with Crippen LogP contribution < -0.4 is 20.5 Å². The molecule has 1 aromatic rings. The van der Waals surface area contributed by atoms with E-state index in [0.29, 0.717) is 25.7 Å². The summed E-state index contributed by atoms with van der Waals surface area (Å²) in [5.74, 6) is 1.87. The Kier molecular flexibility index (Phi) is 7.79. The van der Waals surface area contributed by atoms with Crippen LogP contribution in [0.25, 0.3) is 0 Å². The standard InChI is InChI=1S/C16H25N3O2/c1-4-7-8-11-18-16(17)19-14-12-13(20-5-2)9-10-15(14)21-6-3/h4,7,9-10,12H,5-6,8,11H2,1-3H3,(H3,17,18,19). The van der Waals surface area contributed by atoms with E-state index in [2.05, 4.69) is 16.4 Å². The molecular weight excluding hydrogens is 266 g/mol. The van der Waals surface area contributed by atoms with Crippen molar-refractivity contribution in [2.45, 2.75) is 27.2 Å². The second-order valence-electron chi connectivity index (χ2n) is 4.27. The van der Waals surface area contributed by atoms with Crippen LogP contribution in [0.2, 0.25) is 0 Å². The fourth-order valence-corrected chi connectivity index (χ4v) is 1.75. The van der Waals surface area contributed by atoms with E-state index in [0.717, 1.165) is 23.6 Å². The van der Waals surface area contributed by atoms with Gasteiger partial charge in [-0.1, -0.05) is 12.2 Å². The number of nitrogens with zero attached hydrogens (tertiary/aromatic N) is 1. The van der Waals surface area contributed by atoms with Crippen molar-refractivity contribution in [3.05, 3.63) is 30.4 Å². The molecule has 3 N–H and O–H groups in total. The summed E-state index contributed by atoms with van der Waals surface area (Å²) in [6, 6.07) is 5.60. The molecule has 0 amide bonds. The first-order valence-electron chi connectivity index (χ1n) is 7.29. The van der Waals surface area contributed by atoms with E-state index in [4.69, 9.17) is 15.2 Å². The number of ether oxygens (including phenoxy) is 2. The first-order valence-corrected chi connectivity index (χ1v) is 7.29. The van der Waals surface area contributed by atoms with Crippen LogP contribution >= 0.6 is 0 Å². The highest BCUT2D eigenvalue weighted by Gasteiger charge is 2.06. The van der Waals surface area contributed by atoms with Gasteiger partial charge in [0.1, 0.15) is 11.5 Å². The number of nitrogens with one attached hydrogen (secondary N) is 1. The number of benzene rings is 1. The van der Waals surface area contributed by atoms with Crippen molar-refractivity contribution in [2.75, 3.05) is 25.1 Å². The molecule has 5 nitrogen and oxygen atoms in total. The number of anilines is 1. The fraction of sp³-hybridized carbons (Fsp3) is 0.438. The molecule has 0 fully saturated rings. The molecule has 0 bridgehead atoms. The van der Waals surface area contributed by atoms with Gasteiger partial charge in [-0.15, -0.1) is 0 Å². The second kappa shape index (κ2) is 9.69. The summed E-state index contributed by atoms with van der Waals surface area (Å²) in [4.78, 5) is 4.27. The summed E-state index contributed by atoms with van der Waals surface area (Å²) in [7, 11) is 0. The monoisotopic (exact) mass is 291 g/mol. The molecule has 0 heterocycles. The van der Waals surface area contributed by atoms with Crippen molar-refractivity contribution in [3.8, 4) is 11.5 Å². The van der Waals surface area contributed by atoms with Crippen LogP contribution in [0.3, 0.4) is 0 Å². The minimum Gasteiger partial charge on any atom is -0.494 e. The van der Waals surface area contributed by atoms with E-state index >= 15 is 0 Å². The molecule has 1 aromatic carbocycles. The van der Waals surface area contributed by atoms with Crippen molar-refractivity contribution < 1.29 is 9.47 Å². The minimum absolute atomic E-state index is 0.370. The SMILES string of the molecule is CC=CCCN=C(N)Nc1cc(OCC)ccc1OCC. The predicted molar refractivity (Wildman–Crippen MR) is 88.3 cm³/mol. The summed E-state index contributed by atoms with van der Waals surface area (Å²) in [5, 5.41) is 3.07. The van der Waals surface area contributed by atoms with Gasteiger partial charge < -0.3 is 20.5 Å². The molecule has 0 aliphatic carbocycles. The normalized spacial score (nSPS) is 11.7. The highest BCUT2D eigenvalue weighted by molar-refractivity contribution is 5.94. The Balaban J connectivity index is 2.79. The van der Waals surface area contributed by atoms with Crippen LogP contribution in [0.15, 0.2) is 35.3 Å². The molecule has 0 radical (unpaired) electrons. The van der Waals surface area contributed by atoms with Gasteiger partial charge in [0, 0.05) is 12.6 Å². The molecule has 0 aromatic heterocycles. The summed E-state index contributed by atoms with van der Waals surface area (Å²) in [6.07, 6.45) is 4.92. The van der Waals surface area contributed by atoms with Crippen molar-refractivity contribution in [2.24, 2.45) is 10.7 Å². The van der Waals surface area contributed by atoms with Gasteiger partial charge in [-0.3, -0.25) is 4.99 Å². The maximum absolute atomic E-state index is 5.90. The first-order chi connectivity index (χ1) is 10.2. The van der Waals surface area contributed by atoms with E-state index in [1.54, 1.807) is 0 Å². The molecule has 21 heavy (non-hydrogen) atoms. The van der Waals surface area contributed by atoms with Crippen LogP contribution in [-0.2, 0) is 0 Å². The molecule has 0 aliphatic rings. The largest absolute Gasteiger partial charge is 0.494 e. The Bertz CT molecular complexity index is 484. The van der Waals surface area contributed by atoms with Gasteiger partial charge in [0.15, 0.2) is 5.96 Å². The number of allylic oxidation sites excluding steroid dienone is 1. The van der Waals surface area contributed by atoms with Crippen molar-refractivity contribution in [3.63, 3.8) is 0 Å². The van der Waals surface area contributed by atoms with Gasteiger partial charge in [0.05, 0.1) is 18.9 Å². The predicted octanol–water partition coefficient (Wildman–Crippen LogP) is 3.18. The lowest BCUT2D eigenvalue weighted by atomic mass is 10.2. The zero-order valence-electron chi connectivity index (χ0n) is 13.1. The summed E-state index contributed by atoms with van der Waals surface area (Å²) in [5.41, 5.74) is 6.65. The average molecular weight is 291 g/mol. The van der Waals surface area contributed by atoms with E-state index in [1.807, 2.05) is 45.0 Å². The third kappa shape index (κ3) is 6.21. The van der Waals surface area contributed by atoms with E-state index in [-0.39, 0.29) is 0 Å². The topological polar surface area (TPSA) is 68.9 Å². The molecule has 116 valence electrons. The quantitative estimate of drug-likeness (QED) is 0.334. The van der Waals surface area contributed by atoms with Crippen LogP contribution in [-0.4, -0.2) is 25.7 Å². The van der Waals surface area contributed by atoms with Gasteiger partial charge in [0.2, 0.25) is 0 Å². The molecular formula is C16H25N3O2. The number of hydrogen-bond acceptors (Lipinski definition) is 3. The van der Waals surface area contributed by atoms with Crippen LogP contribution in [0, 0.1) is 0 Å². The molecule has 0 spiro atoms. The molecule has 1 rings (SSSR count). The summed E-state index contributed by atoms with van der Waals surface area (Å²) in [6.45, 7) is 7.72. The van der Waals surface area contributed by atoms with Gasteiger partial charge in [0.25, 0.3) is 0 Å². The minimum atomic E-state index is 0.370. The lowest BCUT2D eigenvalue weighted by Crippen LogP contribution is -2.23. The Morgan fingerprint density at radius 3 is 2.71 bits per heavy atom. The third-order valence-corrected chi connectivity index (χ3v) is 2.64. The van der Waals surface area contributed by atoms with Crippen molar-refractivity contribution in [1.29, 1.82) is 0 Å². The summed E-state index contributed by atoms with van der Waals surface area (Å²) >= 11 is 0. The Hall–Kier alpha value is -2.17. The maximum atomic E-state index is 5.90. The number of guanidine groups is 1. The molecule has 0 saturated heterocycles. The highest BCUT2D eigenvalue weighted by Crippen LogP contribution is 2.29. The van der Waals surface area contributed by atoms with E-state index in [1.165, 1.54) is 0 Å². The highest BCUT2D eigenvalue weighted by atomic mass is 16.5. The van der Waals surface area contributed by atoms with Crippen LogP contribution in [0.1, 0.15) is 27.2 Å². The Morgan fingerprint density at radius 1 is 1.29 bits per heavy atom. The lowest BCUT2D eigenvalue weighted by molar-refractivity contribution is 0.332. The zero-order chi connectivity index (χ0) is 15.5. The van der Waals surface area contributed by atoms with Gasteiger partial charge in [-0.05, 0) is 39.3 Å². The zero-order valence-corrected chi connectivity index (χ0v) is 13.1. The third-order valence-electron chi connectivity index (χ3n) is 2.64. The number of nitrogens with two attached hydrogens (primary N) is 1. The molecule has 0 saturated carbocycles. The Labute approximate surface area is 126 Å². The van der Waals surface area contributed by atoms with Crippen LogP contribution in [0.5, 0.6) is 11.5 Å². The number of aliphatic imine (C=N–C) groups is 1. The number of rotatable bonds is 8.